The number of aryl methyl sites for hydroxylation is 1. The topological polar surface area (TPSA) is 49.8 Å². The molecule has 0 spiro atoms. The maximum Gasteiger partial charge on any atom is 0.266 e. The van der Waals surface area contributed by atoms with Gasteiger partial charge in [-0.2, -0.15) is 14.0 Å². The summed E-state index contributed by atoms with van der Waals surface area (Å²) in [7, 11) is 0. The van der Waals surface area contributed by atoms with Gasteiger partial charge in [0, 0.05) is 5.75 Å². The van der Waals surface area contributed by atoms with Crippen LogP contribution in [0.3, 0.4) is 0 Å². The first-order chi connectivity index (χ1) is 7.13. The monoisotopic (exact) mass is 230 g/mol. The highest BCUT2D eigenvalue weighted by molar-refractivity contribution is 7.99. The average molecular weight is 230 g/mol. The van der Waals surface area contributed by atoms with Crippen molar-refractivity contribution in [3.05, 3.63) is 23.6 Å². The lowest BCUT2D eigenvalue weighted by atomic mass is 10.4. The van der Waals surface area contributed by atoms with Gasteiger partial charge in [-0.05, 0) is 19.4 Å². The molecule has 0 saturated heterocycles. The van der Waals surface area contributed by atoms with Gasteiger partial charge in [0.15, 0.2) is 0 Å². The van der Waals surface area contributed by atoms with Crippen molar-refractivity contribution in [2.24, 2.45) is 0 Å². The van der Waals surface area contributed by atoms with Crippen molar-refractivity contribution in [2.75, 3.05) is 5.75 Å². The highest BCUT2D eigenvalue weighted by Crippen LogP contribution is 2.21. The van der Waals surface area contributed by atoms with Crippen molar-refractivity contribution in [3.8, 4) is 6.07 Å². The number of oxazole rings is 1. The van der Waals surface area contributed by atoms with E-state index >= 15 is 0 Å². The fourth-order valence-electron chi connectivity index (χ4n) is 0.851. The minimum atomic E-state index is -1.68. The van der Waals surface area contributed by atoms with Crippen molar-refractivity contribution in [1.29, 1.82) is 5.26 Å². The lowest BCUT2D eigenvalue weighted by molar-refractivity contribution is 0.418. The van der Waals surface area contributed by atoms with E-state index in [-0.39, 0.29) is 12.2 Å². The molecule has 0 N–H and O–H groups in total. The smallest absolute Gasteiger partial charge is 0.266 e. The van der Waals surface area contributed by atoms with Crippen LogP contribution < -0.4 is 0 Å². The number of hydrogen-bond acceptors (Lipinski definition) is 4. The van der Waals surface area contributed by atoms with E-state index in [1.165, 1.54) is 11.8 Å². The molecule has 0 aromatic carbocycles. The molecule has 0 atom stereocenters. The molecule has 0 aliphatic carbocycles. The number of hydrogen-bond donors (Lipinski definition) is 0. The molecule has 0 amide bonds. The molecule has 0 aliphatic rings. The van der Waals surface area contributed by atoms with Gasteiger partial charge >= 0.3 is 0 Å². The Labute approximate surface area is 89.8 Å². The maximum atomic E-state index is 11.7. The lowest BCUT2D eigenvalue weighted by Crippen LogP contribution is -1.77. The first kappa shape index (κ1) is 11.7. The van der Waals surface area contributed by atoms with Gasteiger partial charge in [0.1, 0.15) is 6.07 Å². The summed E-state index contributed by atoms with van der Waals surface area (Å²) in [4.78, 5) is 3.96. The molecule has 0 aliphatic heterocycles. The third kappa shape index (κ3) is 3.72. The van der Waals surface area contributed by atoms with Crippen molar-refractivity contribution in [1.82, 2.24) is 4.98 Å². The third-order valence-corrected chi connectivity index (χ3v) is 2.38. The molecule has 0 fully saturated rings. The van der Waals surface area contributed by atoms with Gasteiger partial charge in [-0.25, -0.2) is 4.98 Å². The van der Waals surface area contributed by atoms with Crippen LogP contribution in [0.25, 0.3) is 0 Å². The summed E-state index contributed by atoms with van der Waals surface area (Å²) in [5, 5.41) is 8.92. The predicted octanol–water partition coefficient (Wildman–Crippen LogP) is 3.12. The lowest BCUT2D eigenvalue weighted by Gasteiger charge is -1.90. The quantitative estimate of drug-likeness (QED) is 0.589. The molecule has 15 heavy (non-hydrogen) atoms. The van der Waals surface area contributed by atoms with Crippen molar-refractivity contribution in [2.45, 2.75) is 18.6 Å². The second kappa shape index (κ2) is 5.51. The summed E-state index contributed by atoms with van der Waals surface area (Å²) >= 11 is 1.21. The molecule has 0 bridgehead atoms. The van der Waals surface area contributed by atoms with E-state index in [4.69, 9.17) is 9.68 Å². The number of aromatic nitrogens is 1. The summed E-state index contributed by atoms with van der Waals surface area (Å²) in [6.45, 7) is 1.66. The van der Waals surface area contributed by atoms with Gasteiger partial charge in [0.25, 0.3) is 11.3 Å². The van der Waals surface area contributed by atoms with Gasteiger partial charge in [0.2, 0.25) is 5.76 Å². The Hall–Kier alpha value is -1.35. The third-order valence-electron chi connectivity index (χ3n) is 1.52. The zero-order chi connectivity index (χ0) is 11.3. The highest BCUT2D eigenvalue weighted by Gasteiger charge is 2.08. The largest absolute Gasteiger partial charge is 0.420 e. The molecule has 1 aromatic heterocycles. The summed E-state index contributed by atoms with van der Waals surface area (Å²) in [5.74, 6) is 0.618. The summed E-state index contributed by atoms with van der Waals surface area (Å²) in [6, 6.07) is 1.85. The standard InChI is InChI=1S/C9H8F2N2OS/c1-6-7(5-12)14-9(13-6)15-4-2-3-8(10)11/h3H,2,4H2,1H3. The molecular weight excluding hydrogens is 222 g/mol. The van der Waals surface area contributed by atoms with E-state index in [1.54, 1.807) is 6.92 Å². The average Bonchev–Trinajstić information content (AvgIpc) is 2.53. The van der Waals surface area contributed by atoms with Crippen LogP contribution in [0.15, 0.2) is 21.8 Å². The van der Waals surface area contributed by atoms with Crippen LogP contribution in [0, 0.1) is 18.3 Å². The van der Waals surface area contributed by atoms with Crippen LogP contribution in [-0.2, 0) is 0 Å². The Morgan fingerprint density at radius 3 is 2.93 bits per heavy atom. The molecule has 0 radical (unpaired) electrons. The molecular formula is C9H8F2N2OS. The Balaban J connectivity index is 2.45. The minimum Gasteiger partial charge on any atom is -0.420 e. The zero-order valence-corrected chi connectivity index (χ0v) is 8.77. The number of halogens is 2. The van der Waals surface area contributed by atoms with Crippen molar-refractivity contribution in [3.63, 3.8) is 0 Å². The van der Waals surface area contributed by atoms with Gasteiger partial charge in [-0.3, -0.25) is 0 Å². The molecule has 3 nitrogen and oxygen atoms in total. The fourth-order valence-corrected chi connectivity index (χ4v) is 1.61. The number of thioether (sulfide) groups is 1. The fraction of sp³-hybridized carbons (Fsp3) is 0.333. The van der Waals surface area contributed by atoms with Gasteiger partial charge in [0.05, 0.1) is 5.69 Å². The Morgan fingerprint density at radius 1 is 1.67 bits per heavy atom. The zero-order valence-electron chi connectivity index (χ0n) is 7.96. The molecule has 0 unspecified atom stereocenters. The van der Waals surface area contributed by atoms with Crippen LogP contribution in [0.4, 0.5) is 8.78 Å². The molecule has 80 valence electrons. The Morgan fingerprint density at radius 2 is 2.40 bits per heavy atom. The van der Waals surface area contributed by atoms with Crippen LogP contribution in [0.5, 0.6) is 0 Å². The number of rotatable bonds is 4. The Bertz CT molecular complexity index is 405. The van der Waals surface area contributed by atoms with Crippen LogP contribution in [0.2, 0.25) is 0 Å². The molecule has 1 heterocycles. The first-order valence-electron chi connectivity index (χ1n) is 4.15. The van der Waals surface area contributed by atoms with Crippen molar-refractivity contribution >= 4 is 11.8 Å². The summed E-state index contributed by atoms with van der Waals surface area (Å²) < 4.78 is 28.4. The van der Waals surface area contributed by atoms with E-state index < -0.39 is 6.08 Å². The summed E-state index contributed by atoms with van der Waals surface area (Å²) in [5.41, 5.74) is 0.521. The molecule has 6 heteroatoms. The van der Waals surface area contributed by atoms with E-state index in [1.807, 2.05) is 6.07 Å². The second-order valence-corrected chi connectivity index (χ2v) is 3.68. The highest BCUT2D eigenvalue weighted by atomic mass is 32.2. The van der Waals surface area contributed by atoms with E-state index in [0.29, 0.717) is 16.7 Å². The maximum absolute atomic E-state index is 11.7. The van der Waals surface area contributed by atoms with Crippen LogP contribution in [0.1, 0.15) is 17.9 Å². The van der Waals surface area contributed by atoms with Crippen molar-refractivity contribution < 1.29 is 13.2 Å². The predicted molar refractivity (Wildman–Crippen MR) is 51.6 cm³/mol. The van der Waals surface area contributed by atoms with Crippen LogP contribution >= 0.6 is 11.8 Å². The molecule has 1 rings (SSSR count). The number of nitriles is 1. The van der Waals surface area contributed by atoms with E-state index in [0.717, 1.165) is 6.08 Å². The second-order valence-electron chi connectivity index (χ2n) is 2.64. The van der Waals surface area contributed by atoms with E-state index in [9.17, 15) is 8.78 Å². The summed E-state index contributed by atoms with van der Waals surface area (Å²) in [6.07, 6.45) is -0.596. The SMILES string of the molecule is Cc1nc(SCCC=C(F)F)oc1C#N. The van der Waals surface area contributed by atoms with Gasteiger partial charge < -0.3 is 4.42 Å². The van der Waals surface area contributed by atoms with Gasteiger partial charge in [-0.1, -0.05) is 11.8 Å². The number of allylic oxidation sites excluding steroid dienone is 1. The minimum absolute atomic E-state index is 0.171. The van der Waals surface area contributed by atoms with Gasteiger partial charge in [-0.15, -0.1) is 0 Å². The molecule has 1 aromatic rings. The molecule has 0 saturated carbocycles. The van der Waals surface area contributed by atoms with Crippen LogP contribution in [-0.4, -0.2) is 10.7 Å². The first-order valence-corrected chi connectivity index (χ1v) is 5.13. The Kier molecular flexibility index (Phi) is 4.31. The van der Waals surface area contributed by atoms with E-state index in [2.05, 4.69) is 4.98 Å². The normalized spacial score (nSPS) is 9.73. The number of nitrogens with zero attached hydrogens (tertiary/aromatic N) is 2.